The van der Waals surface area contributed by atoms with Gasteiger partial charge in [-0.2, -0.15) is 0 Å². The van der Waals surface area contributed by atoms with Crippen molar-refractivity contribution in [3.63, 3.8) is 0 Å². The Labute approximate surface area is 103 Å². The molecule has 98 valence electrons. The summed E-state index contributed by atoms with van der Waals surface area (Å²) in [5.41, 5.74) is 0. The normalized spacial score (nSPS) is 21.8. The van der Waals surface area contributed by atoms with Crippen molar-refractivity contribution in [2.75, 3.05) is 0 Å². The minimum atomic E-state index is -0.916. The van der Waals surface area contributed by atoms with Crippen molar-refractivity contribution in [2.24, 2.45) is 17.8 Å². The number of rotatable bonds is 5. The number of aliphatic carboxylic acids is 1. The quantitative estimate of drug-likeness (QED) is 0.774. The third-order valence-electron chi connectivity index (χ3n) is 4.03. The topological polar surface area (TPSA) is 66.4 Å². The first-order valence-corrected chi connectivity index (χ1v) is 6.46. The number of carbonyl (C=O) groups excluding carboxylic acids is 1. The van der Waals surface area contributed by atoms with Gasteiger partial charge in [0.1, 0.15) is 0 Å². The summed E-state index contributed by atoms with van der Waals surface area (Å²) >= 11 is 0. The van der Waals surface area contributed by atoms with Crippen molar-refractivity contribution in [2.45, 2.75) is 52.5 Å². The molecule has 1 fully saturated rings. The second-order valence-electron chi connectivity index (χ2n) is 5.26. The maximum atomic E-state index is 11.9. The number of amides is 1. The van der Waals surface area contributed by atoms with Crippen LogP contribution >= 0.6 is 0 Å². The lowest BCUT2D eigenvalue weighted by Crippen LogP contribution is -2.42. The first kappa shape index (κ1) is 14.0. The fraction of sp³-hybridized carbons (Fsp3) is 0.846. The van der Waals surface area contributed by atoms with Gasteiger partial charge in [-0.1, -0.05) is 26.7 Å². The predicted octanol–water partition coefficient (Wildman–Crippen LogP) is 2.04. The first-order valence-electron chi connectivity index (χ1n) is 6.46. The van der Waals surface area contributed by atoms with E-state index in [-0.39, 0.29) is 11.9 Å². The number of carbonyl (C=O) groups is 2. The number of hydrogen-bond acceptors (Lipinski definition) is 2. The molecule has 1 rings (SSSR count). The maximum absolute atomic E-state index is 11.9. The van der Waals surface area contributed by atoms with Gasteiger partial charge < -0.3 is 10.4 Å². The van der Waals surface area contributed by atoms with Crippen LogP contribution in [0.1, 0.15) is 46.5 Å². The largest absolute Gasteiger partial charge is 0.481 e. The Morgan fingerprint density at radius 1 is 1.12 bits per heavy atom. The van der Waals surface area contributed by atoms with E-state index < -0.39 is 17.8 Å². The second kappa shape index (κ2) is 6.03. The van der Waals surface area contributed by atoms with Crippen LogP contribution in [0.2, 0.25) is 0 Å². The van der Waals surface area contributed by atoms with Crippen LogP contribution in [0.5, 0.6) is 0 Å². The molecule has 1 aliphatic rings. The van der Waals surface area contributed by atoms with E-state index in [0.717, 1.165) is 0 Å². The highest BCUT2D eigenvalue weighted by Crippen LogP contribution is 2.27. The Kier molecular flexibility index (Phi) is 4.97. The molecule has 0 aromatic rings. The zero-order chi connectivity index (χ0) is 13.0. The highest BCUT2D eigenvalue weighted by atomic mass is 16.4. The lowest BCUT2D eigenvalue weighted by molar-refractivity contribution is -0.146. The van der Waals surface area contributed by atoms with E-state index in [0.29, 0.717) is 5.92 Å². The molecule has 0 aromatic carbocycles. The van der Waals surface area contributed by atoms with E-state index in [4.69, 9.17) is 5.11 Å². The zero-order valence-electron chi connectivity index (χ0n) is 10.9. The van der Waals surface area contributed by atoms with Crippen LogP contribution in [0.4, 0.5) is 0 Å². The number of hydrogen-bond donors (Lipinski definition) is 2. The number of carboxylic acids is 1. The molecular formula is C13H23NO3. The third-order valence-corrected chi connectivity index (χ3v) is 4.03. The third kappa shape index (κ3) is 3.72. The first-order chi connectivity index (χ1) is 7.93. The maximum Gasteiger partial charge on any atom is 0.307 e. The predicted molar refractivity (Wildman–Crippen MR) is 65.5 cm³/mol. The van der Waals surface area contributed by atoms with E-state index >= 15 is 0 Å². The summed E-state index contributed by atoms with van der Waals surface area (Å²) in [6.07, 6.45) is 4.83. The molecule has 1 aliphatic carbocycles. The molecule has 0 aliphatic heterocycles. The Morgan fingerprint density at radius 3 is 2.12 bits per heavy atom. The Morgan fingerprint density at radius 2 is 1.65 bits per heavy atom. The van der Waals surface area contributed by atoms with Gasteiger partial charge in [0, 0.05) is 12.0 Å². The molecule has 0 radical (unpaired) electrons. The van der Waals surface area contributed by atoms with Crippen LogP contribution in [0.15, 0.2) is 0 Å². The summed E-state index contributed by atoms with van der Waals surface area (Å²) < 4.78 is 0. The molecule has 1 saturated carbocycles. The van der Waals surface area contributed by atoms with E-state index in [1.54, 1.807) is 13.8 Å². The molecule has 17 heavy (non-hydrogen) atoms. The van der Waals surface area contributed by atoms with Gasteiger partial charge in [-0.25, -0.2) is 0 Å². The Bertz CT molecular complexity index is 284. The van der Waals surface area contributed by atoms with Crippen molar-refractivity contribution < 1.29 is 14.7 Å². The lowest BCUT2D eigenvalue weighted by Gasteiger charge is -2.23. The van der Waals surface area contributed by atoms with Crippen molar-refractivity contribution >= 4 is 11.9 Å². The molecule has 1 amide bonds. The molecule has 4 heteroatoms. The summed E-state index contributed by atoms with van der Waals surface area (Å²) in [6.45, 7) is 5.27. The molecule has 0 spiro atoms. The Hall–Kier alpha value is -1.06. The van der Waals surface area contributed by atoms with Crippen LogP contribution < -0.4 is 5.32 Å². The molecule has 4 nitrogen and oxygen atoms in total. The van der Waals surface area contributed by atoms with Crippen LogP contribution in [-0.2, 0) is 9.59 Å². The zero-order valence-corrected chi connectivity index (χ0v) is 10.9. The number of nitrogens with one attached hydrogen (secondary N) is 1. The van der Waals surface area contributed by atoms with Crippen molar-refractivity contribution in [3.8, 4) is 0 Å². The van der Waals surface area contributed by atoms with Gasteiger partial charge in [-0.15, -0.1) is 0 Å². The van der Waals surface area contributed by atoms with Gasteiger partial charge in [0.25, 0.3) is 0 Å². The molecule has 2 N–H and O–H groups in total. The van der Waals surface area contributed by atoms with Crippen molar-refractivity contribution in [1.82, 2.24) is 5.32 Å². The van der Waals surface area contributed by atoms with E-state index in [9.17, 15) is 9.59 Å². The minimum absolute atomic E-state index is 0.140. The minimum Gasteiger partial charge on any atom is -0.481 e. The summed E-state index contributed by atoms with van der Waals surface area (Å²) in [6, 6.07) is 0.161. The fourth-order valence-electron chi connectivity index (χ4n) is 2.37. The Balaban J connectivity index is 2.44. The van der Waals surface area contributed by atoms with Crippen LogP contribution in [0, 0.1) is 17.8 Å². The van der Waals surface area contributed by atoms with Gasteiger partial charge in [0.05, 0.1) is 5.92 Å². The summed E-state index contributed by atoms with van der Waals surface area (Å²) in [5, 5.41) is 11.8. The van der Waals surface area contributed by atoms with Crippen LogP contribution in [0.25, 0.3) is 0 Å². The number of carboxylic acid groups (broad SMARTS) is 1. The second-order valence-corrected chi connectivity index (χ2v) is 5.26. The van der Waals surface area contributed by atoms with Gasteiger partial charge >= 0.3 is 5.97 Å². The molecule has 0 aromatic heterocycles. The van der Waals surface area contributed by atoms with E-state index in [1.165, 1.54) is 25.7 Å². The monoisotopic (exact) mass is 241 g/mol. The molecule has 3 atom stereocenters. The molecule has 0 bridgehead atoms. The molecule has 0 saturated heterocycles. The molecule has 0 heterocycles. The molecular weight excluding hydrogens is 218 g/mol. The summed E-state index contributed by atoms with van der Waals surface area (Å²) in [4.78, 5) is 22.7. The van der Waals surface area contributed by atoms with E-state index in [1.807, 2.05) is 6.92 Å². The summed E-state index contributed by atoms with van der Waals surface area (Å²) in [7, 11) is 0. The standard InChI is InChI=1S/C13H23NO3/c1-8(9(2)13(16)17)12(15)14-10(3)11-6-4-5-7-11/h8-11H,4-7H2,1-3H3,(H,14,15)(H,16,17). The smallest absolute Gasteiger partial charge is 0.307 e. The van der Waals surface area contributed by atoms with Gasteiger partial charge in [0.2, 0.25) is 5.91 Å². The SMILES string of the molecule is CC(NC(=O)C(C)C(C)C(=O)O)C1CCCC1. The molecule has 3 unspecified atom stereocenters. The van der Waals surface area contributed by atoms with Crippen molar-refractivity contribution in [3.05, 3.63) is 0 Å². The summed E-state index contributed by atoms with van der Waals surface area (Å²) in [5.74, 6) is -1.60. The lowest BCUT2D eigenvalue weighted by atomic mass is 9.93. The van der Waals surface area contributed by atoms with Gasteiger partial charge in [-0.05, 0) is 25.7 Å². The average molecular weight is 241 g/mol. The highest BCUT2D eigenvalue weighted by Gasteiger charge is 2.29. The van der Waals surface area contributed by atoms with Gasteiger partial charge in [-0.3, -0.25) is 9.59 Å². The van der Waals surface area contributed by atoms with Crippen LogP contribution in [-0.4, -0.2) is 23.0 Å². The van der Waals surface area contributed by atoms with Gasteiger partial charge in [0.15, 0.2) is 0 Å². The fourth-order valence-corrected chi connectivity index (χ4v) is 2.37. The van der Waals surface area contributed by atoms with Crippen LogP contribution in [0.3, 0.4) is 0 Å². The average Bonchev–Trinajstić information content (AvgIpc) is 2.80. The van der Waals surface area contributed by atoms with E-state index in [2.05, 4.69) is 5.32 Å². The van der Waals surface area contributed by atoms with Crippen molar-refractivity contribution in [1.29, 1.82) is 0 Å². The highest BCUT2D eigenvalue weighted by molar-refractivity contribution is 5.84.